The second-order valence-corrected chi connectivity index (χ2v) is 2.98. The van der Waals surface area contributed by atoms with Crippen LogP contribution in [-0.2, 0) is 0 Å². The van der Waals surface area contributed by atoms with E-state index in [9.17, 15) is 19.7 Å². The Kier molecular flexibility index (Phi) is 3.01. The second kappa shape index (κ2) is 4.05. The van der Waals surface area contributed by atoms with Gasteiger partial charge in [-0.2, -0.15) is 0 Å². The summed E-state index contributed by atoms with van der Waals surface area (Å²) < 4.78 is 0. The van der Waals surface area contributed by atoms with E-state index in [1.807, 2.05) is 0 Å². The molecule has 0 radical (unpaired) electrons. The largest absolute Gasteiger partial charge is 0.478 e. The highest BCUT2D eigenvalue weighted by Gasteiger charge is 2.20. The number of nitro benzene ring substituents is 1. The molecule has 0 amide bonds. The lowest BCUT2D eigenvalue weighted by atomic mass is 10.1. The Morgan fingerprint density at radius 2 is 2.13 bits per heavy atom. The second-order valence-electron chi connectivity index (χ2n) is 2.57. The summed E-state index contributed by atoms with van der Waals surface area (Å²) in [4.78, 5) is 30.7. The first-order valence-electron chi connectivity index (χ1n) is 3.63. The van der Waals surface area contributed by atoms with Crippen LogP contribution in [0.15, 0.2) is 12.1 Å². The highest BCUT2D eigenvalue weighted by molar-refractivity contribution is 6.34. The van der Waals surface area contributed by atoms with Crippen molar-refractivity contribution in [2.45, 2.75) is 0 Å². The lowest BCUT2D eigenvalue weighted by Crippen LogP contribution is -2.02. The van der Waals surface area contributed by atoms with Gasteiger partial charge in [-0.15, -0.1) is 0 Å². The van der Waals surface area contributed by atoms with Crippen LogP contribution in [0.1, 0.15) is 20.7 Å². The summed E-state index contributed by atoms with van der Waals surface area (Å²) in [6.45, 7) is 0. The van der Waals surface area contributed by atoms with Gasteiger partial charge in [0, 0.05) is 6.07 Å². The lowest BCUT2D eigenvalue weighted by Gasteiger charge is -2.00. The van der Waals surface area contributed by atoms with E-state index in [4.69, 9.17) is 16.7 Å². The van der Waals surface area contributed by atoms with Gasteiger partial charge in [0.15, 0.2) is 6.29 Å². The third kappa shape index (κ3) is 2.10. The Labute approximate surface area is 88.2 Å². The molecule has 1 aromatic rings. The summed E-state index contributed by atoms with van der Waals surface area (Å²) in [6, 6.07) is 1.71. The molecule has 15 heavy (non-hydrogen) atoms. The van der Waals surface area contributed by atoms with Crippen LogP contribution in [0.2, 0.25) is 5.02 Å². The first kappa shape index (κ1) is 11.1. The summed E-state index contributed by atoms with van der Waals surface area (Å²) in [5.74, 6) is -1.39. The smallest absolute Gasteiger partial charge is 0.337 e. The molecule has 0 heterocycles. The SMILES string of the molecule is O=Cc1cc(Cl)c(C(=O)O)cc1[N+](=O)[O-]. The van der Waals surface area contributed by atoms with Gasteiger partial charge in [0.05, 0.1) is 21.1 Å². The molecule has 0 aliphatic carbocycles. The number of carboxylic acid groups (broad SMARTS) is 1. The van der Waals surface area contributed by atoms with Gasteiger partial charge in [-0.1, -0.05) is 11.6 Å². The molecule has 0 atom stereocenters. The van der Waals surface area contributed by atoms with Gasteiger partial charge < -0.3 is 5.11 Å². The maximum Gasteiger partial charge on any atom is 0.337 e. The van der Waals surface area contributed by atoms with Crippen molar-refractivity contribution in [1.82, 2.24) is 0 Å². The van der Waals surface area contributed by atoms with E-state index in [1.54, 1.807) is 0 Å². The molecule has 0 aliphatic rings. The minimum absolute atomic E-state index is 0.213. The predicted molar refractivity (Wildman–Crippen MR) is 50.5 cm³/mol. The minimum atomic E-state index is -1.39. The van der Waals surface area contributed by atoms with Crippen LogP contribution in [0.4, 0.5) is 5.69 Å². The van der Waals surface area contributed by atoms with Crippen molar-refractivity contribution in [3.63, 3.8) is 0 Å². The molecule has 0 fully saturated rings. The fourth-order valence-electron chi connectivity index (χ4n) is 0.994. The zero-order valence-corrected chi connectivity index (χ0v) is 7.89. The number of carbonyl (C=O) groups is 2. The Balaban J connectivity index is 3.50. The molecule has 0 unspecified atom stereocenters. The van der Waals surface area contributed by atoms with Crippen LogP contribution in [-0.4, -0.2) is 22.3 Å². The van der Waals surface area contributed by atoms with Crippen molar-refractivity contribution in [2.75, 3.05) is 0 Å². The van der Waals surface area contributed by atoms with E-state index in [0.29, 0.717) is 0 Å². The average Bonchev–Trinajstić information content (AvgIpc) is 2.16. The maximum atomic E-state index is 10.6. The summed E-state index contributed by atoms with van der Waals surface area (Å²) in [7, 11) is 0. The van der Waals surface area contributed by atoms with Gasteiger partial charge >= 0.3 is 5.97 Å². The Morgan fingerprint density at radius 3 is 2.53 bits per heavy atom. The van der Waals surface area contributed by atoms with Crippen molar-refractivity contribution < 1.29 is 19.6 Å². The summed E-state index contributed by atoms with van der Waals surface area (Å²) in [6.07, 6.45) is 0.246. The van der Waals surface area contributed by atoms with Crippen molar-refractivity contribution in [3.05, 3.63) is 38.4 Å². The van der Waals surface area contributed by atoms with Gasteiger partial charge in [-0.05, 0) is 6.07 Å². The van der Waals surface area contributed by atoms with E-state index in [-0.39, 0.29) is 16.9 Å². The van der Waals surface area contributed by atoms with E-state index in [0.717, 1.165) is 12.1 Å². The van der Waals surface area contributed by atoms with Crippen LogP contribution in [0.3, 0.4) is 0 Å². The number of benzene rings is 1. The summed E-state index contributed by atoms with van der Waals surface area (Å²) in [5, 5.41) is 18.9. The Morgan fingerprint density at radius 1 is 1.53 bits per heavy atom. The topological polar surface area (TPSA) is 97.5 Å². The van der Waals surface area contributed by atoms with Gasteiger partial charge in [0.2, 0.25) is 0 Å². The van der Waals surface area contributed by atoms with Crippen molar-refractivity contribution in [2.24, 2.45) is 0 Å². The van der Waals surface area contributed by atoms with Gasteiger partial charge in [0.1, 0.15) is 0 Å². The monoisotopic (exact) mass is 229 g/mol. The number of aldehydes is 1. The lowest BCUT2D eigenvalue weighted by molar-refractivity contribution is -0.385. The van der Waals surface area contributed by atoms with Crippen LogP contribution in [0, 0.1) is 10.1 Å². The highest BCUT2D eigenvalue weighted by atomic mass is 35.5. The normalized spacial score (nSPS) is 9.67. The van der Waals surface area contributed by atoms with Gasteiger partial charge in [-0.3, -0.25) is 14.9 Å². The molecule has 78 valence electrons. The molecule has 0 spiro atoms. The number of hydrogen-bond acceptors (Lipinski definition) is 4. The Bertz CT molecular complexity index is 457. The maximum absolute atomic E-state index is 10.6. The van der Waals surface area contributed by atoms with Crippen LogP contribution in [0.25, 0.3) is 0 Å². The van der Waals surface area contributed by atoms with E-state index >= 15 is 0 Å². The molecular formula is C8H4ClNO5. The van der Waals surface area contributed by atoms with E-state index in [1.165, 1.54) is 0 Å². The third-order valence-electron chi connectivity index (χ3n) is 1.67. The molecule has 0 saturated carbocycles. The summed E-state index contributed by atoms with van der Waals surface area (Å²) >= 11 is 5.52. The minimum Gasteiger partial charge on any atom is -0.478 e. The molecule has 1 rings (SSSR count). The Hall–Kier alpha value is -1.95. The van der Waals surface area contributed by atoms with Crippen LogP contribution in [0.5, 0.6) is 0 Å². The number of rotatable bonds is 3. The molecule has 0 aromatic heterocycles. The fourth-order valence-corrected chi connectivity index (χ4v) is 1.25. The first-order chi connectivity index (χ1) is 6.97. The van der Waals surface area contributed by atoms with E-state index < -0.39 is 22.1 Å². The van der Waals surface area contributed by atoms with Crippen molar-refractivity contribution in [3.8, 4) is 0 Å². The molecule has 1 N–H and O–H groups in total. The first-order valence-corrected chi connectivity index (χ1v) is 4.01. The quantitative estimate of drug-likeness (QED) is 0.484. The molecule has 1 aromatic carbocycles. The molecule has 0 aliphatic heterocycles. The van der Waals surface area contributed by atoms with Gasteiger partial charge in [-0.25, -0.2) is 4.79 Å². The number of nitrogens with zero attached hydrogens (tertiary/aromatic N) is 1. The average molecular weight is 230 g/mol. The number of carbonyl (C=O) groups excluding carboxylic acids is 1. The summed E-state index contributed by atoms with van der Waals surface area (Å²) in [5.41, 5.74) is -1.24. The van der Waals surface area contributed by atoms with Crippen LogP contribution >= 0.6 is 11.6 Å². The highest BCUT2D eigenvalue weighted by Crippen LogP contribution is 2.25. The standard InChI is InChI=1S/C8H4ClNO5/c9-6-1-4(3-11)7(10(14)15)2-5(6)8(12)13/h1-3H,(H,12,13). The fraction of sp³-hybridized carbons (Fsp3) is 0. The van der Waals surface area contributed by atoms with Gasteiger partial charge in [0.25, 0.3) is 5.69 Å². The zero-order valence-electron chi connectivity index (χ0n) is 7.14. The number of nitro groups is 1. The molecule has 6 nitrogen and oxygen atoms in total. The molecule has 0 saturated heterocycles. The predicted octanol–water partition coefficient (Wildman–Crippen LogP) is 1.76. The van der Waals surface area contributed by atoms with Crippen LogP contribution < -0.4 is 0 Å². The molecule has 7 heteroatoms. The van der Waals surface area contributed by atoms with Crippen molar-refractivity contribution in [1.29, 1.82) is 0 Å². The zero-order chi connectivity index (χ0) is 11.6. The third-order valence-corrected chi connectivity index (χ3v) is 1.98. The molecule has 0 bridgehead atoms. The number of carboxylic acids is 1. The number of hydrogen-bond donors (Lipinski definition) is 1. The van der Waals surface area contributed by atoms with E-state index in [2.05, 4.69) is 0 Å². The number of halogens is 1. The van der Waals surface area contributed by atoms with Crippen molar-refractivity contribution >= 4 is 29.5 Å². The number of aromatic carboxylic acids is 1. The molecular weight excluding hydrogens is 226 g/mol.